The van der Waals surface area contributed by atoms with Gasteiger partial charge in [0.25, 0.3) is 0 Å². The van der Waals surface area contributed by atoms with Crippen molar-refractivity contribution < 1.29 is 13.2 Å². The molecule has 0 radical (unpaired) electrons. The fourth-order valence-corrected chi connectivity index (χ4v) is 1.94. The van der Waals surface area contributed by atoms with Gasteiger partial charge in [-0.15, -0.1) is 0 Å². The third-order valence-electron chi connectivity index (χ3n) is 1.93. The van der Waals surface area contributed by atoms with E-state index in [1.165, 1.54) is 0 Å². The average molecular weight is 221 g/mol. The molecular formula is C9H19NO3S. The summed E-state index contributed by atoms with van der Waals surface area (Å²) < 4.78 is 22.7. The molecule has 0 rings (SSSR count). The van der Waals surface area contributed by atoms with Crippen molar-refractivity contribution in [1.29, 1.82) is 0 Å². The second-order valence-corrected chi connectivity index (χ2v) is 6.56. The zero-order chi connectivity index (χ0) is 11.4. The van der Waals surface area contributed by atoms with Crippen molar-refractivity contribution in [3.63, 3.8) is 0 Å². The van der Waals surface area contributed by atoms with Gasteiger partial charge in [0.05, 0.1) is 11.0 Å². The molecule has 0 aromatic heterocycles. The first kappa shape index (κ1) is 13.6. The summed E-state index contributed by atoms with van der Waals surface area (Å²) in [5.41, 5.74) is 5.42. The lowest BCUT2D eigenvalue weighted by molar-refractivity contribution is -0.118. The van der Waals surface area contributed by atoms with Gasteiger partial charge in [0.15, 0.2) is 9.84 Å². The highest BCUT2D eigenvalue weighted by molar-refractivity contribution is 7.91. The van der Waals surface area contributed by atoms with Crippen LogP contribution in [0.25, 0.3) is 0 Å². The molecule has 0 aliphatic rings. The van der Waals surface area contributed by atoms with E-state index < -0.39 is 15.1 Å². The van der Waals surface area contributed by atoms with Crippen LogP contribution < -0.4 is 5.73 Å². The Bertz CT molecular complexity index is 280. The Labute approximate surface area is 85.8 Å². The fourth-order valence-electron chi connectivity index (χ4n) is 0.953. The molecule has 84 valence electrons. The minimum Gasteiger partial charge on any atom is -0.328 e. The highest BCUT2D eigenvalue weighted by Crippen LogP contribution is 2.04. The zero-order valence-corrected chi connectivity index (χ0v) is 9.80. The summed E-state index contributed by atoms with van der Waals surface area (Å²) in [7, 11) is -3.09. The normalized spacial score (nSPS) is 14.4. The van der Waals surface area contributed by atoms with Gasteiger partial charge in [-0.05, 0) is 20.8 Å². The van der Waals surface area contributed by atoms with Gasteiger partial charge in [-0.3, -0.25) is 4.79 Å². The van der Waals surface area contributed by atoms with E-state index >= 15 is 0 Å². The van der Waals surface area contributed by atoms with Gasteiger partial charge in [-0.2, -0.15) is 0 Å². The van der Waals surface area contributed by atoms with E-state index in [1.807, 2.05) is 0 Å². The van der Waals surface area contributed by atoms with Crippen molar-refractivity contribution >= 4 is 15.6 Å². The van der Waals surface area contributed by atoms with E-state index in [2.05, 4.69) is 0 Å². The molecule has 1 atom stereocenters. The van der Waals surface area contributed by atoms with Crippen LogP contribution in [0.4, 0.5) is 0 Å². The SMILES string of the molecule is CC(N)CC(=O)CCS(=O)(=O)C(C)C. The predicted octanol–water partition coefficient (Wildman–Crippen LogP) is 0.506. The number of carbonyl (C=O) groups excluding carboxylic acids is 1. The summed E-state index contributed by atoms with van der Waals surface area (Å²) in [6, 6.07) is -0.191. The smallest absolute Gasteiger partial charge is 0.153 e. The molecule has 0 bridgehead atoms. The van der Waals surface area contributed by atoms with Gasteiger partial charge in [0.1, 0.15) is 5.78 Å². The highest BCUT2D eigenvalue weighted by atomic mass is 32.2. The lowest BCUT2D eigenvalue weighted by Gasteiger charge is -2.07. The van der Waals surface area contributed by atoms with Crippen LogP contribution in [0, 0.1) is 0 Å². The third-order valence-corrected chi connectivity index (χ3v) is 4.14. The molecule has 0 saturated carbocycles. The molecule has 1 unspecified atom stereocenters. The number of ketones is 1. The van der Waals surface area contributed by atoms with Crippen LogP contribution in [0.2, 0.25) is 0 Å². The number of hydrogen-bond donors (Lipinski definition) is 1. The van der Waals surface area contributed by atoms with Crippen molar-refractivity contribution in [2.24, 2.45) is 5.73 Å². The maximum Gasteiger partial charge on any atom is 0.153 e. The van der Waals surface area contributed by atoms with Crippen molar-refractivity contribution in [3.8, 4) is 0 Å². The van der Waals surface area contributed by atoms with Gasteiger partial charge in [0, 0.05) is 18.9 Å². The Balaban J connectivity index is 4.01. The number of Topliss-reactive ketones (excluding diaryl/α,β-unsaturated/α-hetero) is 1. The van der Waals surface area contributed by atoms with E-state index in [1.54, 1.807) is 20.8 Å². The Kier molecular flexibility index (Phi) is 5.29. The predicted molar refractivity (Wildman–Crippen MR) is 56.8 cm³/mol. The topological polar surface area (TPSA) is 77.2 Å². The molecule has 0 aliphatic carbocycles. The van der Waals surface area contributed by atoms with Gasteiger partial charge in [0.2, 0.25) is 0 Å². The van der Waals surface area contributed by atoms with Gasteiger partial charge >= 0.3 is 0 Å². The number of nitrogens with two attached hydrogens (primary N) is 1. The standard InChI is InChI=1S/C9H19NO3S/c1-7(2)14(12,13)5-4-9(11)6-8(3)10/h7-8H,4-6,10H2,1-3H3. The Morgan fingerprint density at radius 3 is 2.14 bits per heavy atom. The average Bonchev–Trinajstić information content (AvgIpc) is 1.99. The summed E-state index contributed by atoms with van der Waals surface area (Å²) in [6.45, 7) is 4.96. The summed E-state index contributed by atoms with van der Waals surface area (Å²) >= 11 is 0. The summed E-state index contributed by atoms with van der Waals surface area (Å²) in [5.74, 6) is -0.139. The lowest BCUT2D eigenvalue weighted by atomic mass is 10.1. The van der Waals surface area contributed by atoms with E-state index in [-0.39, 0.29) is 30.4 Å². The summed E-state index contributed by atoms with van der Waals surface area (Å²) in [5, 5.41) is -0.411. The number of sulfone groups is 1. The molecule has 0 amide bonds. The number of hydrogen-bond acceptors (Lipinski definition) is 4. The lowest BCUT2D eigenvalue weighted by Crippen LogP contribution is -2.23. The molecule has 0 aromatic carbocycles. The Hall–Kier alpha value is -0.420. The molecule has 0 aliphatic heterocycles. The quantitative estimate of drug-likeness (QED) is 0.708. The molecular weight excluding hydrogens is 202 g/mol. The molecule has 5 heteroatoms. The van der Waals surface area contributed by atoms with Crippen LogP contribution >= 0.6 is 0 Å². The van der Waals surface area contributed by atoms with Gasteiger partial charge in [-0.25, -0.2) is 8.42 Å². The molecule has 0 fully saturated rings. The minimum atomic E-state index is -3.09. The maximum absolute atomic E-state index is 11.3. The number of carbonyl (C=O) groups is 1. The molecule has 0 heterocycles. The monoisotopic (exact) mass is 221 g/mol. The van der Waals surface area contributed by atoms with Crippen molar-refractivity contribution in [3.05, 3.63) is 0 Å². The first-order chi connectivity index (χ1) is 6.25. The van der Waals surface area contributed by atoms with Gasteiger partial charge < -0.3 is 5.73 Å². The molecule has 0 saturated heterocycles. The molecule has 2 N–H and O–H groups in total. The van der Waals surface area contributed by atoms with Gasteiger partial charge in [-0.1, -0.05) is 0 Å². The van der Waals surface area contributed by atoms with E-state index in [4.69, 9.17) is 5.73 Å². The largest absolute Gasteiger partial charge is 0.328 e. The second kappa shape index (κ2) is 5.46. The first-order valence-electron chi connectivity index (χ1n) is 4.74. The van der Waals surface area contributed by atoms with Crippen LogP contribution in [0.5, 0.6) is 0 Å². The maximum atomic E-state index is 11.3. The van der Waals surface area contributed by atoms with Crippen LogP contribution in [0.3, 0.4) is 0 Å². The molecule has 4 nitrogen and oxygen atoms in total. The van der Waals surface area contributed by atoms with Crippen LogP contribution in [-0.4, -0.2) is 31.2 Å². The summed E-state index contributed by atoms with van der Waals surface area (Å²) in [4.78, 5) is 11.2. The zero-order valence-electron chi connectivity index (χ0n) is 8.99. The fraction of sp³-hybridized carbons (Fsp3) is 0.889. The highest BCUT2D eigenvalue weighted by Gasteiger charge is 2.17. The van der Waals surface area contributed by atoms with E-state index in [0.29, 0.717) is 0 Å². The summed E-state index contributed by atoms with van der Waals surface area (Å²) in [6.07, 6.45) is 0.343. The molecule has 14 heavy (non-hydrogen) atoms. The molecule has 0 spiro atoms. The minimum absolute atomic E-state index is 0.0593. The van der Waals surface area contributed by atoms with E-state index in [9.17, 15) is 13.2 Å². The van der Waals surface area contributed by atoms with Crippen LogP contribution in [0.15, 0.2) is 0 Å². The molecule has 0 aromatic rings. The van der Waals surface area contributed by atoms with Crippen molar-refractivity contribution in [2.75, 3.05) is 5.75 Å². The van der Waals surface area contributed by atoms with Crippen LogP contribution in [-0.2, 0) is 14.6 Å². The van der Waals surface area contributed by atoms with E-state index in [0.717, 1.165) is 0 Å². The Morgan fingerprint density at radius 1 is 1.29 bits per heavy atom. The Morgan fingerprint density at radius 2 is 1.79 bits per heavy atom. The van der Waals surface area contributed by atoms with Crippen molar-refractivity contribution in [2.45, 2.75) is 44.9 Å². The third kappa shape index (κ3) is 5.34. The number of rotatable bonds is 6. The van der Waals surface area contributed by atoms with Crippen LogP contribution in [0.1, 0.15) is 33.6 Å². The van der Waals surface area contributed by atoms with Crippen molar-refractivity contribution in [1.82, 2.24) is 0 Å². The first-order valence-corrected chi connectivity index (χ1v) is 6.46. The second-order valence-electron chi connectivity index (χ2n) is 3.89.